The monoisotopic (exact) mass is 346 g/mol. The summed E-state index contributed by atoms with van der Waals surface area (Å²) < 4.78 is 10.8. The average Bonchev–Trinajstić information content (AvgIpc) is 2.58. The van der Waals surface area contributed by atoms with Gasteiger partial charge in [0.2, 0.25) is 0 Å². The second-order valence-corrected chi connectivity index (χ2v) is 6.96. The van der Waals surface area contributed by atoms with Crippen molar-refractivity contribution in [2.75, 3.05) is 19.6 Å². The van der Waals surface area contributed by atoms with Crippen LogP contribution in [0.25, 0.3) is 0 Å². The van der Waals surface area contributed by atoms with E-state index in [9.17, 15) is 9.59 Å². The van der Waals surface area contributed by atoms with Crippen molar-refractivity contribution in [2.45, 2.75) is 39.0 Å². The number of ether oxygens (including phenoxy) is 2. The Bertz CT molecular complexity index is 610. The third-order valence-electron chi connectivity index (χ3n) is 3.78. The van der Waals surface area contributed by atoms with Gasteiger partial charge in [-0.15, -0.1) is 6.58 Å². The van der Waals surface area contributed by atoms with Crippen molar-refractivity contribution in [3.63, 3.8) is 0 Å². The van der Waals surface area contributed by atoms with Crippen LogP contribution in [0.4, 0.5) is 9.59 Å². The molecule has 1 fully saturated rings. The Hall–Kier alpha value is -2.50. The largest absolute Gasteiger partial charge is 0.445 e. The van der Waals surface area contributed by atoms with E-state index in [0.717, 1.165) is 5.56 Å². The van der Waals surface area contributed by atoms with Crippen molar-refractivity contribution in [3.8, 4) is 0 Å². The van der Waals surface area contributed by atoms with E-state index in [1.54, 1.807) is 15.9 Å². The Morgan fingerprint density at radius 3 is 2.48 bits per heavy atom. The van der Waals surface area contributed by atoms with Gasteiger partial charge in [0.05, 0.1) is 6.04 Å². The number of carbonyl (C=O) groups excluding carboxylic acids is 2. The molecule has 1 saturated heterocycles. The number of nitrogens with zero attached hydrogens (tertiary/aromatic N) is 2. The van der Waals surface area contributed by atoms with Crippen LogP contribution in [-0.2, 0) is 16.1 Å². The lowest BCUT2D eigenvalue weighted by atomic mass is 10.1. The second-order valence-electron chi connectivity index (χ2n) is 6.96. The normalized spacial score (nSPS) is 17.8. The summed E-state index contributed by atoms with van der Waals surface area (Å²) in [5.41, 5.74) is 0.380. The third kappa shape index (κ3) is 5.52. The van der Waals surface area contributed by atoms with Crippen molar-refractivity contribution < 1.29 is 19.1 Å². The van der Waals surface area contributed by atoms with E-state index in [0.29, 0.717) is 19.6 Å². The maximum atomic E-state index is 12.4. The molecule has 1 aliphatic rings. The first-order valence-electron chi connectivity index (χ1n) is 8.38. The molecule has 0 N–H and O–H groups in total. The van der Waals surface area contributed by atoms with Gasteiger partial charge >= 0.3 is 12.2 Å². The van der Waals surface area contributed by atoms with Gasteiger partial charge in [0.25, 0.3) is 0 Å². The van der Waals surface area contributed by atoms with Gasteiger partial charge in [-0.25, -0.2) is 9.59 Å². The van der Waals surface area contributed by atoms with Gasteiger partial charge in [-0.2, -0.15) is 0 Å². The summed E-state index contributed by atoms with van der Waals surface area (Å²) in [5.74, 6) is 0. The molecular formula is C19H26N2O4. The molecule has 1 heterocycles. The second kappa shape index (κ2) is 8.05. The molecule has 0 bridgehead atoms. The van der Waals surface area contributed by atoms with Crippen molar-refractivity contribution in [3.05, 3.63) is 48.6 Å². The van der Waals surface area contributed by atoms with Gasteiger partial charge in [-0.1, -0.05) is 36.4 Å². The molecule has 0 unspecified atom stereocenters. The van der Waals surface area contributed by atoms with E-state index in [4.69, 9.17) is 9.47 Å². The summed E-state index contributed by atoms with van der Waals surface area (Å²) in [6, 6.07) is 9.21. The highest BCUT2D eigenvalue weighted by Gasteiger charge is 2.33. The smallest absolute Gasteiger partial charge is 0.410 e. The Kier molecular flexibility index (Phi) is 6.07. The molecule has 0 saturated carbocycles. The standard InChI is InChI=1S/C19H26N2O4/c1-5-16-13-20(17(22)25-19(2,3)4)11-12-21(16)18(23)24-14-15-9-7-6-8-10-15/h5-10,16H,1,11-14H2,2-4H3/t16-/m1/s1. The highest BCUT2D eigenvalue weighted by Crippen LogP contribution is 2.17. The first kappa shape index (κ1) is 18.8. The van der Waals surface area contributed by atoms with Gasteiger partial charge in [0, 0.05) is 19.6 Å². The van der Waals surface area contributed by atoms with Crippen LogP contribution in [0.5, 0.6) is 0 Å². The number of carbonyl (C=O) groups is 2. The fourth-order valence-electron chi connectivity index (χ4n) is 2.53. The lowest BCUT2D eigenvalue weighted by molar-refractivity contribution is 0.00626. The molecule has 0 spiro atoms. The van der Waals surface area contributed by atoms with E-state index < -0.39 is 11.7 Å². The quantitative estimate of drug-likeness (QED) is 0.787. The lowest BCUT2D eigenvalue weighted by Gasteiger charge is -2.39. The third-order valence-corrected chi connectivity index (χ3v) is 3.78. The molecule has 2 rings (SSSR count). The van der Waals surface area contributed by atoms with Crippen molar-refractivity contribution in [1.29, 1.82) is 0 Å². The molecule has 1 aliphatic heterocycles. The minimum absolute atomic E-state index is 0.218. The van der Waals surface area contributed by atoms with Gasteiger partial charge < -0.3 is 14.4 Å². The fourth-order valence-corrected chi connectivity index (χ4v) is 2.53. The van der Waals surface area contributed by atoms with Gasteiger partial charge in [0.1, 0.15) is 12.2 Å². The minimum atomic E-state index is -0.549. The molecule has 1 atom stereocenters. The minimum Gasteiger partial charge on any atom is -0.445 e. The van der Waals surface area contributed by atoms with Crippen LogP contribution in [0.1, 0.15) is 26.3 Å². The number of hydrogen-bond donors (Lipinski definition) is 0. The fraction of sp³-hybridized carbons (Fsp3) is 0.474. The summed E-state index contributed by atoms with van der Waals surface area (Å²) in [7, 11) is 0. The molecule has 2 amide bonds. The topological polar surface area (TPSA) is 59.1 Å². The van der Waals surface area contributed by atoms with Gasteiger partial charge in [0.15, 0.2) is 0 Å². The summed E-state index contributed by atoms with van der Waals surface area (Å²) in [6.07, 6.45) is 0.870. The van der Waals surface area contributed by atoms with Crippen LogP contribution >= 0.6 is 0 Å². The Balaban J connectivity index is 1.91. The van der Waals surface area contributed by atoms with Crippen LogP contribution < -0.4 is 0 Å². The summed E-state index contributed by atoms with van der Waals surface area (Å²) in [5, 5.41) is 0. The molecule has 0 aromatic heterocycles. The molecule has 136 valence electrons. The number of piperazine rings is 1. The Labute approximate surface area is 149 Å². The highest BCUT2D eigenvalue weighted by molar-refractivity contribution is 5.71. The van der Waals surface area contributed by atoms with Crippen LogP contribution in [0.15, 0.2) is 43.0 Å². The zero-order valence-corrected chi connectivity index (χ0v) is 15.1. The summed E-state index contributed by atoms with van der Waals surface area (Å²) >= 11 is 0. The maximum Gasteiger partial charge on any atom is 0.410 e. The number of benzene rings is 1. The lowest BCUT2D eigenvalue weighted by Crippen LogP contribution is -2.56. The van der Waals surface area contributed by atoms with Crippen LogP contribution in [-0.4, -0.2) is 53.3 Å². The van der Waals surface area contributed by atoms with Crippen molar-refractivity contribution in [1.82, 2.24) is 9.80 Å². The zero-order chi connectivity index (χ0) is 18.4. The van der Waals surface area contributed by atoms with Gasteiger partial charge in [-0.3, -0.25) is 4.90 Å². The zero-order valence-electron chi connectivity index (χ0n) is 15.1. The first-order chi connectivity index (χ1) is 11.8. The first-order valence-corrected chi connectivity index (χ1v) is 8.38. The Morgan fingerprint density at radius 1 is 1.20 bits per heavy atom. The van der Waals surface area contributed by atoms with Crippen LogP contribution in [0.2, 0.25) is 0 Å². The van der Waals surface area contributed by atoms with Crippen molar-refractivity contribution in [2.24, 2.45) is 0 Å². The molecule has 25 heavy (non-hydrogen) atoms. The average molecular weight is 346 g/mol. The van der Waals surface area contributed by atoms with E-state index in [1.165, 1.54) is 0 Å². The maximum absolute atomic E-state index is 12.4. The van der Waals surface area contributed by atoms with Crippen LogP contribution in [0, 0.1) is 0 Å². The molecule has 0 radical (unpaired) electrons. The van der Waals surface area contributed by atoms with E-state index in [-0.39, 0.29) is 18.7 Å². The van der Waals surface area contributed by atoms with E-state index in [1.807, 2.05) is 51.1 Å². The Morgan fingerprint density at radius 2 is 1.88 bits per heavy atom. The SMILES string of the molecule is C=C[C@@H]1CN(C(=O)OC(C)(C)C)CCN1C(=O)OCc1ccccc1. The summed E-state index contributed by atoms with van der Waals surface area (Å²) in [6.45, 7) is 10.6. The van der Waals surface area contributed by atoms with Crippen LogP contribution in [0.3, 0.4) is 0 Å². The number of hydrogen-bond acceptors (Lipinski definition) is 4. The molecule has 0 aliphatic carbocycles. The highest BCUT2D eigenvalue weighted by atomic mass is 16.6. The predicted octanol–water partition coefficient (Wildman–Crippen LogP) is 3.43. The van der Waals surface area contributed by atoms with E-state index in [2.05, 4.69) is 6.58 Å². The molecule has 1 aromatic carbocycles. The number of amides is 2. The predicted molar refractivity (Wildman–Crippen MR) is 95.1 cm³/mol. The van der Waals surface area contributed by atoms with E-state index >= 15 is 0 Å². The number of rotatable bonds is 3. The molecular weight excluding hydrogens is 320 g/mol. The summed E-state index contributed by atoms with van der Waals surface area (Å²) in [4.78, 5) is 27.8. The van der Waals surface area contributed by atoms with Crippen molar-refractivity contribution >= 4 is 12.2 Å². The molecule has 1 aromatic rings. The molecule has 6 heteroatoms. The molecule has 6 nitrogen and oxygen atoms in total. The van der Waals surface area contributed by atoms with Gasteiger partial charge in [-0.05, 0) is 26.3 Å².